The first-order chi connectivity index (χ1) is 26.7. The van der Waals surface area contributed by atoms with Crippen molar-refractivity contribution in [3.63, 3.8) is 0 Å². The number of aromatic nitrogens is 3. The van der Waals surface area contributed by atoms with Gasteiger partial charge in [0.25, 0.3) is 0 Å². The number of benzene rings is 4. The summed E-state index contributed by atoms with van der Waals surface area (Å²) in [5.74, 6) is -0.160. The number of anilines is 2. The summed E-state index contributed by atoms with van der Waals surface area (Å²) in [6.07, 6.45) is -3.35. The lowest BCUT2D eigenvalue weighted by Gasteiger charge is -2.14. The van der Waals surface area contributed by atoms with Crippen molar-refractivity contribution < 1.29 is 45.2 Å². The van der Waals surface area contributed by atoms with Gasteiger partial charge in [-0.3, -0.25) is 4.68 Å². The van der Waals surface area contributed by atoms with E-state index in [-0.39, 0.29) is 58.7 Å². The molecule has 4 aromatic carbocycles. The molecule has 290 valence electrons. The van der Waals surface area contributed by atoms with Gasteiger partial charge in [0, 0.05) is 48.1 Å². The van der Waals surface area contributed by atoms with E-state index in [4.69, 9.17) is 4.52 Å². The van der Waals surface area contributed by atoms with Crippen molar-refractivity contribution in [1.82, 2.24) is 25.6 Å². The number of aryl methyl sites for hydroxylation is 1. The summed E-state index contributed by atoms with van der Waals surface area (Å²) in [7, 11) is 1.67. The van der Waals surface area contributed by atoms with Crippen molar-refractivity contribution in [2.75, 3.05) is 10.6 Å². The van der Waals surface area contributed by atoms with Crippen LogP contribution in [0.2, 0.25) is 0 Å². The SMILES string of the molecule is Cn1ncc(NC(=O)NCc2ccccc2OC(F)(F)F)c1-c1cccc(Cc2onc(-c3ccccc3)c2NC(=O)NCc2ccccc2SC(F)(F)F)c1. The second-order valence-corrected chi connectivity index (χ2v) is 13.1. The summed E-state index contributed by atoms with van der Waals surface area (Å²) in [5, 5.41) is 19.1. The second kappa shape index (κ2) is 16.9. The number of nitrogens with one attached hydrogen (secondary N) is 4. The van der Waals surface area contributed by atoms with Gasteiger partial charge in [0.1, 0.15) is 17.1 Å². The van der Waals surface area contributed by atoms with E-state index in [9.17, 15) is 35.9 Å². The van der Waals surface area contributed by atoms with Gasteiger partial charge >= 0.3 is 23.9 Å². The smallest absolute Gasteiger partial charge is 0.405 e. The van der Waals surface area contributed by atoms with Crippen molar-refractivity contribution in [1.29, 1.82) is 0 Å². The van der Waals surface area contributed by atoms with Gasteiger partial charge in [-0.25, -0.2) is 9.59 Å². The summed E-state index contributed by atoms with van der Waals surface area (Å²) in [4.78, 5) is 26.1. The fourth-order valence-corrected chi connectivity index (χ4v) is 6.34. The first kappa shape index (κ1) is 39.3. The lowest BCUT2D eigenvalue weighted by atomic mass is 10.0. The van der Waals surface area contributed by atoms with E-state index >= 15 is 0 Å². The topological polar surface area (TPSA) is 135 Å². The lowest BCUT2D eigenvalue weighted by molar-refractivity contribution is -0.274. The van der Waals surface area contributed by atoms with Gasteiger partial charge in [0.15, 0.2) is 5.76 Å². The summed E-state index contributed by atoms with van der Waals surface area (Å²) in [6, 6.07) is 26.0. The van der Waals surface area contributed by atoms with Crippen LogP contribution in [0.15, 0.2) is 119 Å². The Balaban J connectivity index is 1.18. The molecule has 0 spiro atoms. The van der Waals surface area contributed by atoms with Crippen LogP contribution in [-0.2, 0) is 26.6 Å². The van der Waals surface area contributed by atoms with Crippen LogP contribution in [0.3, 0.4) is 0 Å². The van der Waals surface area contributed by atoms with Crippen LogP contribution in [0.4, 0.5) is 47.3 Å². The molecule has 0 bridgehead atoms. The fraction of sp³-hybridized carbons (Fsp3) is 0.158. The number of carbonyl (C=O) groups is 2. The maximum atomic E-state index is 13.2. The first-order valence-corrected chi connectivity index (χ1v) is 17.5. The molecule has 0 saturated carbocycles. The summed E-state index contributed by atoms with van der Waals surface area (Å²) in [6.45, 7) is -0.447. The fourth-order valence-electron chi connectivity index (χ4n) is 5.68. The van der Waals surface area contributed by atoms with Crippen LogP contribution in [0.1, 0.15) is 22.5 Å². The average molecular weight is 796 g/mol. The van der Waals surface area contributed by atoms with Gasteiger partial charge in [-0.1, -0.05) is 90.1 Å². The van der Waals surface area contributed by atoms with E-state index in [1.807, 2.05) is 18.2 Å². The number of carbonyl (C=O) groups excluding carboxylic acids is 2. The van der Waals surface area contributed by atoms with Crippen molar-refractivity contribution in [2.24, 2.45) is 7.05 Å². The molecular formula is C38H31F6N7O4S. The van der Waals surface area contributed by atoms with Gasteiger partial charge in [-0.2, -0.15) is 18.3 Å². The minimum atomic E-state index is -4.90. The van der Waals surface area contributed by atoms with Crippen molar-refractivity contribution in [3.05, 3.63) is 132 Å². The number of ether oxygens (including phenoxy) is 1. The zero-order valence-electron chi connectivity index (χ0n) is 29.2. The number of alkyl halides is 6. The van der Waals surface area contributed by atoms with Crippen LogP contribution < -0.4 is 26.0 Å². The van der Waals surface area contributed by atoms with Crippen LogP contribution in [0.5, 0.6) is 5.75 Å². The maximum Gasteiger partial charge on any atom is 0.573 e. The van der Waals surface area contributed by atoms with Gasteiger partial charge in [0.2, 0.25) is 0 Å². The molecule has 0 unspecified atom stereocenters. The van der Waals surface area contributed by atoms with Gasteiger partial charge in [-0.05, 0) is 41.1 Å². The third kappa shape index (κ3) is 10.4. The highest BCUT2D eigenvalue weighted by Crippen LogP contribution is 2.39. The molecule has 56 heavy (non-hydrogen) atoms. The second-order valence-electron chi connectivity index (χ2n) is 12.0. The zero-order valence-corrected chi connectivity index (χ0v) is 30.0. The Labute approximate surface area is 319 Å². The van der Waals surface area contributed by atoms with Crippen molar-refractivity contribution in [2.45, 2.75) is 36.3 Å². The normalized spacial score (nSPS) is 11.6. The highest BCUT2D eigenvalue weighted by molar-refractivity contribution is 8.00. The number of hydrogen-bond donors (Lipinski definition) is 4. The standard InChI is InChI=1S/C38H31F6N7O4S/c1-51-34(28(22-47-51)48-35(52)45-20-26-13-5-7-16-29(26)54-37(39,40)41)25-15-9-10-23(18-25)19-30-33(32(50-55-30)24-11-3-2-4-12-24)49-36(53)46-21-27-14-6-8-17-31(27)56-38(42,43)44/h2-18,22H,19-21H2,1H3,(H2,45,48,52)(H2,46,49,53). The predicted octanol–water partition coefficient (Wildman–Crippen LogP) is 9.49. The molecule has 4 N–H and O–H groups in total. The largest absolute Gasteiger partial charge is 0.573 e. The third-order valence-corrected chi connectivity index (χ3v) is 8.93. The number of urea groups is 2. The molecule has 0 atom stereocenters. The predicted molar refractivity (Wildman–Crippen MR) is 197 cm³/mol. The Hall–Kier alpha value is -6.43. The van der Waals surface area contributed by atoms with Gasteiger partial charge < -0.3 is 30.5 Å². The van der Waals surface area contributed by atoms with Gasteiger partial charge in [-0.15, -0.1) is 13.2 Å². The summed E-state index contributed by atoms with van der Waals surface area (Å²) in [5.41, 5.74) is -0.750. The Bertz CT molecular complexity index is 2310. The van der Waals surface area contributed by atoms with E-state index in [2.05, 4.69) is 36.3 Å². The summed E-state index contributed by atoms with van der Waals surface area (Å²) >= 11 is -0.266. The first-order valence-electron chi connectivity index (χ1n) is 16.6. The average Bonchev–Trinajstić information content (AvgIpc) is 3.71. The molecule has 18 heteroatoms. The third-order valence-electron chi connectivity index (χ3n) is 8.08. The van der Waals surface area contributed by atoms with Gasteiger partial charge in [0.05, 0.1) is 17.6 Å². The zero-order chi connectivity index (χ0) is 39.9. The van der Waals surface area contributed by atoms with Crippen LogP contribution in [0, 0.1) is 0 Å². The molecular weight excluding hydrogens is 765 g/mol. The van der Waals surface area contributed by atoms with E-state index in [0.29, 0.717) is 33.8 Å². The monoisotopic (exact) mass is 795 g/mol. The molecule has 0 radical (unpaired) electrons. The number of thioether (sulfide) groups is 1. The van der Waals surface area contributed by atoms with E-state index in [1.54, 1.807) is 49.5 Å². The Morgan fingerprint density at radius 2 is 1.43 bits per heavy atom. The number of rotatable bonds is 12. The number of amides is 4. The minimum Gasteiger partial charge on any atom is -0.405 e. The molecule has 0 saturated heterocycles. The molecule has 6 rings (SSSR count). The summed E-state index contributed by atoms with van der Waals surface area (Å²) < 4.78 is 89.3. The highest BCUT2D eigenvalue weighted by Gasteiger charge is 2.32. The molecule has 0 aliphatic carbocycles. The van der Waals surface area contributed by atoms with Crippen LogP contribution >= 0.6 is 11.8 Å². The highest BCUT2D eigenvalue weighted by atomic mass is 32.2. The molecule has 2 aromatic heterocycles. The molecule has 6 aromatic rings. The molecule has 4 amide bonds. The number of hydrogen-bond acceptors (Lipinski definition) is 7. The van der Waals surface area contributed by atoms with E-state index in [0.717, 1.165) is 6.07 Å². The van der Waals surface area contributed by atoms with E-state index < -0.39 is 29.7 Å². The molecule has 11 nitrogen and oxygen atoms in total. The van der Waals surface area contributed by atoms with Crippen LogP contribution in [-0.4, -0.2) is 38.9 Å². The van der Waals surface area contributed by atoms with Crippen molar-refractivity contribution in [3.8, 4) is 28.3 Å². The number of nitrogens with zero attached hydrogens (tertiary/aromatic N) is 3. The molecule has 2 heterocycles. The van der Waals surface area contributed by atoms with E-state index in [1.165, 1.54) is 47.3 Å². The Kier molecular flexibility index (Phi) is 11.9. The number of para-hydroxylation sites is 1. The maximum absolute atomic E-state index is 13.2. The molecule has 0 fully saturated rings. The van der Waals surface area contributed by atoms with Crippen LogP contribution in [0.25, 0.3) is 22.5 Å². The van der Waals surface area contributed by atoms with Crippen molar-refractivity contribution >= 4 is 35.2 Å². The quantitative estimate of drug-likeness (QED) is 0.0716. The minimum absolute atomic E-state index is 0.0380. The Morgan fingerprint density at radius 1 is 0.786 bits per heavy atom. The molecule has 0 aliphatic rings. The lowest BCUT2D eigenvalue weighted by Crippen LogP contribution is -2.29. The molecule has 0 aliphatic heterocycles. The number of halogens is 6. The Morgan fingerprint density at radius 3 is 2.16 bits per heavy atom.